The van der Waals surface area contributed by atoms with Crippen LogP contribution < -0.4 is 49.3 Å². The van der Waals surface area contributed by atoms with Crippen LogP contribution in [0.1, 0.15) is 62.9 Å². The Morgan fingerprint density at radius 3 is 1.99 bits per heavy atom. The highest BCUT2D eigenvalue weighted by Crippen LogP contribution is 2.54. The molecule has 0 aliphatic carbocycles. The van der Waals surface area contributed by atoms with Crippen molar-refractivity contribution in [2.24, 2.45) is 0 Å². The molecule has 3 fully saturated rings. The van der Waals surface area contributed by atoms with E-state index in [2.05, 4.69) is 24.9 Å². The van der Waals surface area contributed by atoms with E-state index >= 15 is 0 Å². The zero-order chi connectivity index (χ0) is 56.5. The van der Waals surface area contributed by atoms with Gasteiger partial charge in [-0.1, -0.05) is 23.6 Å². The number of ether oxygens (including phenoxy) is 4. The number of hydrogen-bond acceptors (Lipinski definition) is 28. The molecule has 7 rings (SSSR count). The molecule has 3 saturated heterocycles. The molecule has 40 heteroatoms. The molecule has 3 aliphatic heterocycles. The number of fused-ring (bicyclic) bond motifs is 1. The van der Waals surface area contributed by atoms with Gasteiger partial charge in [-0.25, -0.2) is 19.0 Å². The molecule has 0 saturated carbocycles. The van der Waals surface area contributed by atoms with Crippen molar-refractivity contribution in [3.05, 3.63) is 86.0 Å². The van der Waals surface area contributed by atoms with Crippen LogP contribution in [0.25, 0.3) is 11.2 Å². The summed E-state index contributed by atoms with van der Waals surface area (Å²) in [6.45, 7) is -14.8. The number of aromatic amines is 4. The summed E-state index contributed by atoms with van der Waals surface area (Å²) in [6, 6.07) is 0. The Kier molecular flexibility index (Phi) is 20.2. The van der Waals surface area contributed by atoms with Crippen molar-refractivity contribution in [1.29, 1.82) is 0 Å². The lowest BCUT2D eigenvalue weighted by Crippen LogP contribution is -2.41. The minimum absolute atomic E-state index is 0.0285. The third-order valence-corrected chi connectivity index (χ3v) is 18.0. The SMILES string of the molecule is COC1[C@@H](OP([O-])(=S)OCCCO)[C@@H](COP([O-])(=S)O[C@@H]2C[C@H](n3cc(C)c(=O)[nH]c3=O)O[C@@H]2COP(=O)([S-])O[C@@H]2C[C@H](n3c(=O)[nH]c4c(=O)[nH]c(N)nc43)O[C@@H]2COP(O)(=S)OC(C)C)O[C@H]1n1cc(C)c(=O)[nH]c1=O. The van der Waals surface area contributed by atoms with E-state index in [1.807, 2.05) is 0 Å². The van der Waals surface area contributed by atoms with Crippen LogP contribution in [0, 0.1) is 13.8 Å². The molecule has 0 spiro atoms. The number of aliphatic hydroxyl groups is 1. The number of aliphatic hydroxyl groups excluding tert-OH is 1. The fourth-order valence-electron chi connectivity index (χ4n) is 8.17. The van der Waals surface area contributed by atoms with Gasteiger partial charge in [0.1, 0.15) is 56.4 Å². The molecule has 32 nitrogen and oxygen atoms in total. The number of nitrogens with two attached hydrogens (primary N) is 1. The Morgan fingerprint density at radius 2 is 1.35 bits per heavy atom. The summed E-state index contributed by atoms with van der Waals surface area (Å²) in [4.78, 5) is 128. The molecular weight excluding hydrogens is 1190 g/mol. The number of aryl methyl sites for hydroxylation is 2. The van der Waals surface area contributed by atoms with Crippen LogP contribution in [0.2, 0.25) is 0 Å². The molecule has 4 aromatic heterocycles. The predicted octanol–water partition coefficient (Wildman–Crippen LogP) is -1.73. The summed E-state index contributed by atoms with van der Waals surface area (Å²) in [5.74, 6) is -0.343. The fourth-order valence-corrected chi connectivity index (χ4v) is 14.2. The lowest BCUT2D eigenvalue weighted by molar-refractivity contribution is -0.219. The summed E-state index contributed by atoms with van der Waals surface area (Å²) in [5, 5.41) is 9.22. The van der Waals surface area contributed by atoms with Crippen molar-refractivity contribution in [3.63, 3.8) is 0 Å². The third-order valence-electron chi connectivity index (χ3n) is 11.6. The summed E-state index contributed by atoms with van der Waals surface area (Å²) in [5.41, 5.74) is 0.508. The molecule has 14 atom stereocenters. The standard InChI is InChI=1S/C37H55N9O23P4S4/c1-16(2)66-71(55,75)60-14-22-20(10-25(64-22)46-29-26(39-37(46)53)32(50)41-34(38)40-29)68-72(56,76)61-13-21-19(9-24(63-21)44-11-17(3)30(48)42-35(44)51)67-73(57,77)62-15-23-27(69-70(54,74)59-8-6-7-47)28(58-5)33(65-23)45-12-18(4)31(49)43-36(45)52/h11-12,16,19-25,27-28,33,47H,6-10,13-15H2,1-5H3,(H,39,53)(H,54,74)(H,55,75)(H,56,76)(H,57,77)(H,42,48,51)(H,43,49,52)(H3,38,40,41,50)/p-3/t19-,20-,21-,22-,23-,24-,25-,27+,28?,33-,70?,71?,72?,73?/m1/s1. The van der Waals surface area contributed by atoms with E-state index in [4.69, 9.17) is 109 Å². The molecule has 3 aliphatic rings. The van der Waals surface area contributed by atoms with E-state index in [0.717, 1.165) is 19.9 Å². The highest BCUT2D eigenvalue weighted by Gasteiger charge is 2.49. The van der Waals surface area contributed by atoms with Crippen molar-refractivity contribution >= 4 is 91.7 Å². The Balaban J connectivity index is 1.12. The van der Waals surface area contributed by atoms with Gasteiger partial charge in [-0.15, -0.1) is 0 Å². The second kappa shape index (κ2) is 25.1. The number of aromatic nitrogens is 8. The molecule has 0 bridgehead atoms. The molecule has 0 aromatic carbocycles. The zero-order valence-electron chi connectivity index (χ0n) is 40.9. The average Bonchev–Trinajstić information content (AvgIpc) is 4.12. The molecule has 77 heavy (non-hydrogen) atoms. The first kappa shape index (κ1) is 61.8. The van der Waals surface area contributed by atoms with Crippen molar-refractivity contribution in [2.75, 3.05) is 45.9 Å². The molecule has 4 aromatic rings. The maximum Gasteiger partial charge on any atom is 0.330 e. The third kappa shape index (κ3) is 15.4. The quantitative estimate of drug-likeness (QED) is 0.0220. The Hall–Kier alpha value is -2.80. The van der Waals surface area contributed by atoms with Crippen LogP contribution in [-0.4, -0.2) is 138 Å². The van der Waals surface area contributed by atoms with Crippen LogP contribution >= 0.6 is 27.0 Å². The van der Waals surface area contributed by atoms with Crippen LogP contribution in [0.3, 0.4) is 0 Å². The van der Waals surface area contributed by atoms with Gasteiger partial charge in [-0.2, -0.15) is 4.98 Å². The summed E-state index contributed by atoms with van der Waals surface area (Å²) < 4.78 is 85.6. The molecule has 0 amide bonds. The largest absolute Gasteiger partial charge is 0.780 e. The van der Waals surface area contributed by atoms with Gasteiger partial charge in [0.05, 0.1) is 44.7 Å². The smallest absolute Gasteiger partial charge is 0.330 e. The number of imidazole rings is 1. The lowest BCUT2D eigenvalue weighted by Gasteiger charge is -2.36. The zero-order valence-corrected chi connectivity index (χ0v) is 47.8. The van der Waals surface area contributed by atoms with Crippen LogP contribution in [0.15, 0.2) is 41.2 Å². The van der Waals surface area contributed by atoms with Gasteiger partial charge in [-0.3, -0.25) is 48.0 Å². The van der Waals surface area contributed by atoms with Crippen molar-refractivity contribution in [3.8, 4) is 0 Å². The number of anilines is 1. The van der Waals surface area contributed by atoms with Gasteiger partial charge >= 0.3 is 23.8 Å². The van der Waals surface area contributed by atoms with Crippen LogP contribution in [-0.2, 0) is 107 Å². The number of methoxy groups -OCH3 is 1. The molecule has 7 heterocycles. The number of H-pyrrole nitrogens is 4. The van der Waals surface area contributed by atoms with Gasteiger partial charge in [0.2, 0.25) is 5.95 Å². The number of hydrogen-bond donors (Lipinski definition) is 7. The number of rotatable bonds is 25. The maximum absolute atomic E-state index is 14.2. The highest BCUT2D eigenvalue weighted by molar-refractivity contribution is 8.32. The average molecular weight is 1240 g/mol. The van der Waals surface area contributed by atoms with Crippen LogP contribution in [0.4, 0.5) is 5.95 Å². The van der Waals surface area contributed by atoms with E-state index in [1.165, 1.54) is 27.2 Å². The first-order chi connectivity index (χ1) is 36.0. The van der Waals surface area contributed by atoms with Gasteiger partial charge in [-0.05, 0) is 45.9 Å². The normalized spacial score (nSPS) is 27.9. The minimum atomic E-state index is -4.81. The lowest BCUT2D eigenvalue weighted by atomic mass is 10.1. The Labute approximate surface area is 454 Å². The number of nitrogens with zero attached hydrogens (tertiary/aromatic N) is 4. The van der Waals surface area contributed by atoms with E-state index in [9.17, 15) is 53.1 Å². The Bertz CT molecular complexity index is 3370. The van der Waals surface area contributed by atoms with Crippen molar-refractivity contribution in [1.82, 2.24) is 38.6 Å². The van der Waals surface area contributed by atoms with E-state index in [0.29, 0.717) is 0 Å². The second-order valence-corrected chi connectivity index (χ2v) is 28.4. The van der Waals surface area contributed by atoms with Gasteiger partial charge < -0.3 is 92.9 Å². The summed E-state index contributed by atoms with van der Waals surface area (Å²) >= 11 is 20.8. The topological polar surface area (TPSA) is 434 Å². The highest BCUT2D eigenvalue weighted by atomic mass is 32.7. The van der Waals surface area contributed by atoms with E-state index in [-0.39, 0.29) is 60.7 Å². The monoisotopic (exact) mass is 1240 g/mol. The summed E-state index contributed by atoms with van der Waals surface area (Å²) in [6.07, 6.45) is -13.0. The van der Waals surface area contributed by atoms with Crippen molar-refractivity contribution in [2.45, 2.75) is 114 Å². The van der Waals surface area contributed by atoms with Crippen LogP contribution in [0.5, 0.6) is 0 Å². The maximum atomic E-state index is 14.2. The number of nitrogens with one attached hydrogen (secondary N) is 4. The molecular formula is C37H52N9O23P4S4-3. The van der Waals surface area contributed by atoms with E-state index < -0.39 is 148 Å². The second-order valence-electron chi connectivity index (χ2n) is 17.5. The Morgan fingerprint density at radius 1 is 0.779 bits per heavy atom. The summed E-state index contributed by atoms with van der Waals surface area (Å²) in [7, 11) is 1.19. The van der Waals surface area contributed by atoms with Gasteiger partial charge in [0.15, 0.2) is 24.2 Å². The van der Waals surface area contributed by atoms with Gasteiger partial charge in [0.25, 0.3) is 16.7 Å². The molecule has 8 N–H and O–H groups in total. The van der Waals surface area contributed by atoms with E-state index in [1.54, 1.807) is 13.8 Å². The predicted molar refractivity (Wildman–Crippen MR) is 276 cm³/mol. The molecule has 0 radical (unpaired) electrons. The van der Waals surface area contributed by atoms with Crippen molar-refractivity contribution < 1.29 is 79.5 Å². The molecule has 430 valence electrons. The molecule has 5 unspecified atom stereocenters. The first-order valence-corrected chi connectivity index (χ1v) is 33.1. The van der Waals surface area contributed by atoms with Gasteiger partial charge in [0, 0.05) is 50.1 Å². The number of nitrogen functional groups attached to an aromatic ring is 1. The fraction of sp³-hybridized carbons (Fsp3) is 0.649. The first-order valence-electron chi connectivity index (χ1n) is 22.8. The minimum Gasteiger partial charge on any atom is -0.780 e.